The maximum absolute atomic E-state index is 11.9. The van der Waals surface area contributed by atoms with Gasteiger partial charge in [-0.3, -0.25) is 4.79 Å². The first-order valence-electron chi connectivity index (χ1n) is 11.8. The van der Waals surface area contributed by atoms with Crippen molar-refractivity contribution in [3.63, 3.8) is 0 Å². The van der Waals surface area contributed by atoms with E-state index >= 15 is 0 Å². The van der Waals surface area contributed by atoms with Gasteiger partial charge in [-0.05, 0) is 97.7 Å². The first kappa shape index (κ1) is 20.2. The molecule has 0 aromatic carbocycles. The number of hydrogen-bond acceptors (Lipinski definition) is 2. The molecule has 0 aromatic rings. The molecule has 156 valence electrons. The van der Waals surface area contributed by atoms with E-state index in [-0.39, 0.29) is 0 Å². The van der Waals surface area contributed by atoms with E-state index in [4.69, 9.17) is 5.11 Å². The van der Waals surface area contributed by atoms with Crippen LogP contribution >= 0.6 is 0 Å². The summed E-state index contributed by atoms with van der Waals surface area (Å²) in [6.07, 6.45) is 12.3. The quantitative estimate of drug-likeness (QED) is 0.612. The Balaban J connectivity index is 1.59. The summed E-state index contributed by atoms with van der Waals surface area (Å²) in [4.78, 5) is 23.0. The van der Waals surface area contributed by atoms with E-state index in [9.17, 15) is 9.59 Å². The van der Waals surface area contributed by atoms with Crippen molar-refractivity contribution in [1.29, 1.82) is 0 Å². The number of fused-ring (bicyclic) bond motifs is 5. The van der Waals surface area contributed by atoms with Gasteiger partial charge in [-0.25, -0.2) is 4.79 Å². The van der Waals surface area contributed by atoms with Gasteiger partial charge in [-0.2, -0.15) is 0 Å². The lowest BCUT2D eigenvalue weighted by atomic mass is 9.43. The van der Waals surface area contributed by atoms with Crippen molar-refractivity contribution in [1.82, 2.24) is 0 Å². The fourth-order valence-corrected chi connectivity index (χ4v) is 8.80. The standard InChI is InChI=1S/C25H38O3/c1-16(7-10-23(27)28)19-8-9-21-18-14-17(15-26)20-6-4-5-12-24(20,2)22(18)11-13-25(19,21)3/h16,18-22H,4-14H2,1-3H3,(H,27,28)/t16?,18-,19+,20-,21-,22-,24-,25+/m0/s1. The van der Waals surface area contributed by atoms with Crippen molar-refractivity contribution < 1.29 is 14.7 Å². The zero-order valence-corrected chi connectivity index (χ0v) is 18.0. The van der Waals surface area contributed by atoms with Crippen LogP contribution in [-0.4, -0.2) is 17.0 Å². The minimum atomic E-state index is -0.667. The predicted molar refractivity (Wildman–Crippen MR) is 110 cm³/mol. The third-order valence-electron chi connectivity index (χ3n) is 10.1. The zero-order valence-electron chi connectivity index (χ0n) is 18.0. The minimum absolute atomic E-state index is 0.294. The van der Waals surface area contributed by atoms with Gasteiger partial charge in [0.05, 0.1) is 0 Å². The molecule has 0 saturated heterocycles. The largest absolute Gasteiger partial charge is 0.481 e. The molecule has 1 N–H and O–H groups in total. The zero-order chi connectivity index (χ0) is 20.1. The highest BCUT2D eigenvalue weighted by atomic mass is 16.4. The summed E-state index contributed by atoms with van der Waals surface area (Å²) < 4.78 is 0. The molecule has 4 aliphatic rings. The Morgan fingerprint density at radius 3 is 2.57 bits per heavy atom. The van der Waals surface area contributed by atoms with E-state index in [2.05, 4.69) is 26.7 Å². The summed E-state index contributed by atoms with van der Waals surface area (Å²) in [5.41, 5.74) is 1.74. The van der Waals surface area contributed by atoms with E-state index in [1.165, 1.54) is 51.4 Å². The van der Waals surface area contributed by atoms with Crippen LogP contribution in [0.15, 0.2) is 5.57 Å². The highest BCUT2D eigenvalue weighted by molar-refractivity contribution is 5.66. The number of allylic oxidation sites excluding steroid dienone is 1. The summed E-state index contributed by atoms with van der Waals surface area (Å²) in [5, 5.41) is 9.11. The average molecular weight is 387 g/mol. The lowest BCUT2D eigenvalue weighted by Gasteiger charge is -2.60. The Bertz CT molecular complexity index is 677. The Morgan fingerprint density at radius 2 is 1.86 bits per heavy atom. The Hall–Kier alpha value is -1.08. The van der Waals surface area contributed by atoms with Gasteiger partial charge in [0.25, 0.3) is 0 Å². The molecular weight excluding hydrogens is 348 g/mol. The van der Waals surface area contributed by atoms with Crippen molar-refractivity contribution >= 4 is 11.9 Å². The summed E-state index contributed by atoms with van der Waals surface area (Å²) >= 11 is 0. The number of carboxylic acids is 1. The summed E-state index contributed by atoms with van der Waals surface area (Å²) in [6, 6.07) is 0. The number of carbonyl (C=O) groups is 1. The molecule has 4 saturated carbocycles. The molecule has 4 fully saturated rings. The third-order valence-corrected chi connectivity index (χ3v) is 10.1. The molecule has 28 heavy (non-hydrogen) atoms. The molecular formula is C25H38O3. The van der Waals surface area contributed by atoms with Gasteiger partial charge in [-0.1, -0.05) is 33.6 Å². The topological polar surface area (TPSA) is 54.4 Å². The van der Waals surface area contributed by atoms with Gasteiger partial charge in [0.2, 0.25) is 0 Å². The van der Waals surface area contributed by atoms with Gasteiger partial charge >= 0.3 is 5.97 Å². The molecule has 3 heteroatoms. The van der Waals surface area contributed by atoms with E-state index in [1.54, 1.807) is 0 Å². The SMILES string of the molecule is CC(CCC(=O)O)[C@H]1CC[C@H]2[C@@H]3CC(=C=O)[C@@H]4CCCC[C@]4(C)[C@H]3CC[C@]12C. The van der Waals surface area contributed by atoms with E-state index < -0.39 is 5.97 Å². The van der Waals surface area contributed by atoms with Crippen LogP contribution in [-0.2, 0) is 9.59 Å². The first-order chi connectivity index (χ1) is 13.3. The van der Waals surface area contributed by atoms with Gasteiger partial charge in [-0.15, -0.1) is 0 Å². The van der Waals surface area contributed by atoms with Crippen LogP contribution in [0.5, 0.6) is 0 Å². The number of hydrogen-bond donors (Lipinski definition) is 1. The second-order valence-corrected chi connectivity index (χ2v) is 11.2. The molecule has 1 unspecified atom stereocenters. The summed E-state index contributed by atoms with van der Waals surface area (Å²) in [7, 11) is 0. The fourth-order valence-electron chi connectivity index (χ4n) is 8.80. The summed E-state index contributed by atoms with van der Waals surface area (Å²) in [6.45, 7) is 7.28. The normalized spacial score (nSPS) is 46.1. The second kappa shape index (κ2) is 7.31. The highest BCUT2D eigenvalue weighted by Gasteiger charge is 2.61. The molecule has 0 radical (unpaired) electrons. The number of carbonyl (C=O) groups excluding carboxylic acids is 1. The Kier molecular flexibility index (Phi) is 5.28. The average Bonchev–Trinajstić information content (AvgIpc) is 3.02. The molecule has 0 heterocycles. The molecule has 0 aliphatic heterocycles. The second-order valence-electron chi connectivity index (χ2n) is 11.2. The maximum atomic E-state index is 11.9. The Morgan fingerprint density at radius 1 is 1.11 bits per heavy atom. The van der Waals surface area contributed by atoms with Crippen LogP contribution in [0.1, 0.15) is 91.4 Å². The van der Waals surface area contributed by atoms with Crippen LogP contribution in [0.2, 0.25) is 0 Å². The number of carboxylic acid groups (broad SMARTS) is 1. The van der Waals surface area contributed by atoms with E-state index in [1.807, 2.05) is 0 Å². The molecule has 0 aromatic heterocycles. The lowest BCUT2D eigenvalue weighted by molar-refractivity contribution is -0.137. The molecule has 4 aliphatic carbocycles. The van der Waals surface area contributed by atoms with Gasteiger partial charge < -0.3 is 5.11 Å². The number of rotatable bonds is 4. The van der Waals surface area contributed by atoms with E-state index in [0.717, 1.165) is 24.3 Å². The number of aliphatic carboxylic acids is 1. The van der Waals surface area contributed by atoms with Gasteiger partial charge in [0.15, 0.2) is 0 Å². The predicted octanol–water partition coefficient (Wildman–Crippen LogP) is 5.90. The smallest absolute Gasteiger partial charge is 0.303 e. The molecule has 0 bridgehead atoms. The molecule has 0 spiro atoms. The van der Waals surface area contributed by atoms with E-state index in [0.29, 0.717) is 46.8 Å². The van der Waals surface area contributed by atoms with Crippen molar-refractivity contribution in [3.8, 4) is 0 Å². The van der Waals surface area contributed by atoms with Crippen molar-refractivity contribution in [2.75, 3.05) is 0 Å². The van der Waals surface area contributed by atoms with Crippen LogP contribution in [0.3, 0.4) is 0 Å². The molecule has 0 amide bonds. The van der Waals surface area contributed by atoms with Crippen molar-refractivity contribution in [2.45, 2.75) is 91.4 Å². The van der Waals surface area contributed by atoms with Crippen LogP contribution in [0, 0.1) is 46.3 Å². The first-order valence-corrected chi connectivity index (χ1v) is 11.8. The van der Waals surface area contributed by atoms with Crippen molar-refractivity contribution in [3.05, 3.63) is 5.57 Å². The van der Waals surface area contributed by atoms with Crippen LogP contribution < -0.4 is 0 Å². The third kappa shape index (κ3) is 3.00. The van der Waals surface area contributed by atoms with Gasteiger partial charge in [0, 0.05) is 12.0 Å². The van der Waals surface area contributed by atoms with Crippen LogP contribution in [0.4, 0.5) is 0 Å². The lowest BCUT2D eigenvalue weighted by Crippen LogP contribution is -2.53. The summed E-state index contributed by atoms with van der Waals surface area (Å²) in [5.74, 6) is 5.46. The monoisotopic (exact) mass is 386 g/mol. The minimum Gasteiger partial charge on any atom is -0.481 e. The Labute approximate surface area is 170 Å². The highest BCUT2D eigenvalue weighted by Crippen LogP contribution is 2.69. The fraction of sp³-hybridized carbons (Fsp3) is 0.880. The van der Waals surface area contributed by atoms with Gasteiger partial charge in [0.1, 0.15) is 5.94 Å². The molecule has 4 rings (SSSR count). The van der Waals surface area contributed by atoms with Crippen LogP contribution in [0.25, 0.3) is 0 Å². The van der Waals surface area contributed by atoms with Crippen molar-refractivity contribution in [2.24, 2.45) is 46.3 Å². The maximum Gasteiger partial charge on any atom is 0.303 e. The molecule has 3 nitrogen and oxygen atoms in total. The molecule has 8 atom stereocenters.